The molecule has 7 nitrogen and oxygen atoms in total. The van der Waals surface area contributed by atoms with Crippen molar-refractivity contribution in [2.75, 3.05) is 19.1 Å². The zero-order valence-corrected chi connectivity index (χ0v) is 21.9. The maximum Gasteiger partial charge on any atom is 0.300 e. The molecule has 4 rings (SSSR count). The predicted octanol–water partition coefficient (Wildman–Crippen LogP) is 5.88. The van der Waals surface area contributed by atoms with Gasteiger partial charge in [0.1, 0.15) is 23.0 Å². The number of ether oxygens (including phenoxy) is 3. The summed E-state index contributed by atoms with van der Waals surface area (Å²) in [5.41, 5.74) is 1.51. The monoisotopic (exact) mass is 551 g/mol. The third-order valence-electron chi connectivity index (χ3n) is 5.79. The second-order valence-electron chi connectivity index (χ2n) is 8.45. The number of nitrogens with zero attached hydrogens (tertiary/aromatic N) is 1. The van der Waals surface area contributed by atoms with Crippen molar-refractivity contribution >= 4 is 39.1 Å². The molecule has 1 aliphatic heterocycles. The van der Waals surface area contributed by atoms with E-state index in [0.717, 1.165) is 0 Å². The van der Waals surface area contributed by atoms with E-state index in [1.807, 2.05) is 13.8 Å². The second kappa shape index (κ2) is 10.5. The lowest BCUT2D eigenvalue weighted by atomic mass is 9.95. The Kier molecular flexibility index (Phi) is 7.35. The largest absolute Gasteiger partial charge is 0.507 e. The molecule has 0 aliphatic carbocycles. The molecule has 8 heteroatoms. The molecule has 0 radical (unpaired) electrons. The number of halogens is 1. The van der Waals surface area contributed by atoms with Gasteiger partial charge in [-0.1, -0.05) is 12.1 Å². The average molecular weight is 552 g/mol. The Bertz CT molecular complexity index is 1310. The number of carbonyl (C=O) groups excluding carboxylic acids is 2. The fraction of sp³-hybridized carbons (Fsp3) is 0.214. The number of ketones is 1. The number of hydrogen-bond donors (Lipinski definition) is 1. The minimum absolute atomic E-state index is 0.00527. The molecule has 1 N–H and O–H groups in total. The molecule has 1 unspecified atom stereocenters. The van der Waals surface area contributed by atoms with Gasteiger partial charge in [0.05, 0.1) is 36.4 Å². The van der Waals surface area contributed by atoms with E-state index >= 15 is 0 Å². The van der Waals surface area contributed by atoms with Crippen LogP contribution in [-0.4, -0.2) is 37.1 Å². The van der Waals surface area contributed by atoms with Crippen molar-refractivity contribution in [2.45, 2.75) is 26.0 Å². The van der Waals surface area contributed by atoms with E-state index in [4.69, 9.17) is 14.2 Å². The molecular formula is C28H26BrNO6. The summed E-state index contributed by atoms with van der Waals surface area (Å²) in [6.07, 6.45) is -0.00527. The molecule has 0 aromatic heterocycles. The topological polar surface area (TPSA) is 85.3 Å². The van der Waals surface area contributed by atoms with Crippen molar-refractivity contribution in [3.05, 3.63) is 87.9 Å². The molecular weight excluding hydrogens is 526 g/mol. The van der Waals surface area contributed by atoms with E-state index in [9.17, 15) is 14.7 Å². The lowest BCUT2D eigenvalue weighted by Gasteiger charge is -2.26. The highest BCUT2D eigenvalue weighted by Gasteiger charge is 2.47. The SMILES string of the molecule is COc1ccc(N2C(=O)C(=O)/C(=C(\O)c3ccc(OC)c(Br)c3)C2c2ccc(OC(C)C)cc2)cc1. The first kappa shape index (κ1) is 25.3. The Labute approximate surface area is 218 Å². The number of aliphatic hydroxyl groups excluding tert-OH is 1. The van der Waals surface area contributed by atoms with Crippen LogP contribution < -0.4 is 19.1 Å². The molecule has 1 heterocycles. The number of rotatable bonds is 7. The number of amides is 1. The summed E-state index contributed by atoms with van der Waals surface area (Å²) >= 11 is 3.41. The molecule has 0 spiro atoms. The number of aliphatic hydroxyl groups is 1. The van der Waals surface area contributed by atoms with Crippen LogP contribution in [0.5, 0.6) is 17.2 Å². The van der Waals surface area contributed by atoms with Crippen LogP contribution in [0.4, 0.5) is 5.69 Å². The third-order valence-corrected chi connectivity index (χ3v) is 6.41. The van der Waals surface area contributed by atoms with Crippen molar-refractivity contribution < 1.29 is 28.9 Å². The van der Waals surface area contributed by atoms with E-state index in [1.165, 1.54) is 12.0 Å². The number of benzene rings is 3. The lowest BCUT2D eigenvalue weighted by molar-refractivity contribution is -0.132. The first-order valence-electron chi connectivity index (χ1n) is 11.3. The Hall–Kier alpha value is -3.78. The fourth-order valence-electron chi connectivity index (χ4n) is 4.13. The summed E-state index contributed by atoms with van der Waals surface area (Å²) in [6, 6.07) is 18.1. The van der Waals surface area contributed by atoms with Crippen LogP contribution in [0.25, 0.3) is 5.76 Å². The number of anilines is 1. The van der Waals surface area contributed by atoms with Crippen molar-refractivity contribution in [3.8, 4) is 17.2 Å². The van der Waals surface area contributed by atoms with Gasteiger partial charge in [0, 0.05) is 11.3 Å². The van der Waals surface area contributed by atoms with Crippen LogP contribution >= 0.6 is 15.9 Å². The van der Waals surface area contributed by atoms with Gasteiger partial charge in [0.2, 0.25) is 0 Å². The number of carbonyl (C=O) groups is 2. The highest BCUT2D eigenvalue weighted by atomic mass is 79.9. The maximum absolute atomic E-state index is 13.3. The van der Waals surface area contributed by atoms with Crippen LogP contribution in [0.3, 0.4) is 0 Å². The van der Waals surface area contributed by atoms with Crippen molar-refractivity contribution in [1.82, 2.24) is 0 Å². The van der Waals surface area contributed by atoms with Gasteiger partial charge in [-0.2, -0.15) is 0 Å². The standard InChI is InChI=1S/C28H26BrNO6/c1-16(2)36-21-10-5-17(6-11-21)25-24(26(31)18-7-14-23(35-4)22(29)15-18)27(32)28(33)30(25)19-8-12-20(34-3)13-9-19/h5-16,25,31H,1-4H3/b26-24-. The van der Waals surface area contributed by atoms with Gasteiger partial charge >= 0.3 is 0 Å². The van der Waals surface area contributed by atoms with Gasteiger partial charge in [-0.3, -0.25) is 14.5 Å². The molecule has 1 atom stereocenters. The quantitative estimate of drug-likeness (QED) is 0.224. The highest BCUT2D eigenvalue weighted by Crippen LogP contribution is 2.43. The summed E-state index contributed by atoms with van der Waals surface area (Å²) in [7, 11) is 3.08. The minimum Gasteiger partial charge on any atom is -0.507 e. The summed E-state index contributed by atoms with van der Waals surface area (Å²) < 4.78 is 16.9. The van der Waals surface area contributed by atoms with Crippen molar-refractivity contribution in [1.29, 1.82) is 0 Å². The molecule has 1 saturated heterocycles. The Morgan fingerprint density at radius 1 is 0.917 bits per heavy atom. The molecule has 0 bridgehead atoms. The van der Waals surface area contributed by atoms with E-state index in [2.05, 4.69) is 15.9 Å². The van der Waals surface area contributed by atoms with Crippen LogP contribution in [0.2, 0.25) is 0 Å². The lowest BCUT2D eigenvalue weighted by Crippen LogP contribution is -2.29. The first-order valence-corrected chi connectivity index (χ1v) is 12.1. The van der Waals surface area contributed by atoms with Gasteiger partial charge in [-0.15, -0.1) is 0 Å². The van der Waals surface area contributed by atoms with Gasteiger partial charge < -0.3 is 19.3 Å². The molecule has 3 aromatic rings. The molecule has 1 aliphatic rings. The van der Waals surface area contributed by atoms with Crippen molar-refractivity contribution in [2.24, 2.45) is 0 Å². The smallest absolute Gasteiger partial charge is 0.300 e. The molecule has 186 valence electrons. The minimum atomic E-state index is -0.854. The Balaban J connectivity index is 1.88. The van der Waals surface area contributed by atoms with Gasteiger partial charge in [0.15, 0.2) is 0 Å². The number of methoxy groups -OCH3 is 2. The summed E-state index contributed by atoms with van der Waals surface area (Å²) in [5, 5.41) is 11.3. The normalized spacial score (nSPS) is 16.9. The van der Waals surface area contributed by atoms with E-state index < -0.39 is 17.7 Å². The van der Waals surface area contributed by atoms with Crippen molar-refractivity contribution in [3.63, 3.8) is 0 Å². The molecule has 0 saturated carbocycles. The number of Topliss-reactive ketones (excluding diaryl/α,β-unsaturated/α-hetero) is 1. The first-order chi connectivity index (χ1) is 17.2. The molecule has 36 heavy (non-hydrogen) atoms. The number of hydrogen-bond acceptors (Lipinski definition) is 6. The van der Waals surface area contributed by atoms with Crippen LogP contribution in [-0.2, 0) is 9.59 Å². The van der Waals surface area contributed by atoms with Gasteiger partial charge in [0.25, 0.3) is 11.7 Å². The second-order valence-corrected chi connectivity index (χ2v) is 9.31. The van der Waals surface area contributed by atoms with Crippen LogP contribution in [0.15, 0.2) is 76.8 Å². The average Bonchev–Trinajstić information content (AvgIpc) is 3.14. The fourth-order valence-corrected chi connectivity index (χ4v) is 4.67. The summed E-state index contributed by atoms with van der Waals surface area (Å²) in [5.74, 6) is 0.0618. The third kappa shape index (κ3) is 4.81. The van der Waals surface area contributed by atoms with E-state index in [1.54, 1.807) is 73.8 Å². The zero-order valence-electron chi connectivity index (χ0n) is 20.3. The van der Waals surface area contributed by atoms with Gasteiger partial charge in [-0.25, -0.2) is 0 Å². The molecule has 1 fully saturated rings. The Morgan fingerprint density at radius 2 is 1.56 bits per heavy atom. The van der Waals surface area contributed by atoms with E-state index in [0.29, 0.717) is 38.5 Å². The summed E-state index contributed by atoms with van der Waals surface area (Å²) in [4.78, 5) is 28.0. The highest BCUT2D eigenvalue weighted by molar-refractivity contribution is 9.10. The molecule has 1 amide bonds. The summed E-state index contributed by atoms with van der Waals surface area (Å²) in [6.45, 7) is 3.86. The van der Waals surface area contributed by atoms with Gasteiger partial charge in [-0.05, 0) is 89.9 Å². The maximum atomic E-state index is 13.3. The van der Waals surface area contributed by atoms with Crippen LogP contribution in [0.1, 0.15) is 31.0 Å². The van der Waals surface area contributed by atoms with E-state index in [-0.39, 0.29) is 17.4 Å². The van der Waals surface area contributed by atoms with Crippen LogP contribution in [0, 0.1) is 0 Å². The Morgan fingerprint density at radius 3 is 2.11 bits per heavy atom. The molecule has 3 aromatic carbocycles. The zero-order chi connectivity index (χ0) is 26.0. The predicted molar refractivity (Wildman–Crippen MR) is 141 cm³/mol.